The Bertz CT molecular complexity index is 701. The maximum Gasteiger partial charge on any atom is 0.416 e. The Kier molecular flexibility index (Phi) is 5.19. The van der Waals surface area contributed by atoms with E-state index in [2.05, 4.69) is 20.9 Å². The quantitative estimate of drug-likeness (QED) is 0.623. The van der Waals surface area contributed by atoms with E-state index < -0.39 is 11.7 Å². The second kappa shape index (κ2) is 6.78. The van der Waals surface area contributed by atoms with E-state index in [1.165, 1.54) is 0 Å². The lowest BCUT2D eigenvalue weighted by molar-refractivity contribution is -0.137. The molecule has 2 aromatic rings. The average Bonchev–Trinajstić information content (AvgIpc) is 2.44. The fourth-order valence-electron chi connectivity index (χ4n) is 2.19. The second-order valence-electron chi connectivity index (χ2n) is 5.41. The summed E-state index contributed by atoms with van der Waals surface area (Å²) in [7, 11) is 1.71. The molecule has 23 heavy (non-hydrogen) atoms. The zero-order chi connectivity index (χ0) is 17.2. The van der Waals surface area contributed by atoms with Crippen LogP contribution in [0.2, 0.25) is 0 Å². The smallest absolute Gasteiger partial charge is 0.398 e. The predicted octanol–water partition coefficient (Wildman–Crippen LogP) is 4.43. The van der Waals surface area contributed by atoms with Crippen LogP contribution in [0.25, 0.3) is 0 Å². The minimum Gasteiger partial charge on any atom is -0.398 e. The molecule has 1 aromatic carbocycles. The van der Waals surface area contributed by atoms with Gasteiger partial charge in [-0.25, -0.2) is 4.98 Å². The van der Waals surface area contributed by atoms with Gasteiger partial charge in [0, 0.05) is 19.3 Å². The molecule has 0 bridgehead atoms. The molecule has 0 radical (unpaired) electrons. The third-order valence-electron chi connectivity index (χ3n) is 3.52. The largest absolute Gasteiger partial charge is 0.416 e. The van der Waals surface area contributed by atoms with Gasteiger partial charge in [-0.1, -0.05) is 12.1 Å². The minimum absolute atomic E-state index is 0.157. The molecule has 0 fully saturated rings. The molecule has 0 saturated heterocycles. The Morgan fingerprint density at radius 3 is 2.52 bits per heavy atom. The summed E-state index contributed by atoms with van der Waals surface area (Å²) < 4.78 is 38.8. The molecule has 0 unspecified atom stereocenters. The van der Waals surface area contributed by atoms with Gasteiger partial charge in [0.05, 0.1) is 5.56 Å². The summed E-state index contributed by atoms with van der Waals surface area (Å²) >= 11 is 3.03. The van der Waals surface area contributed by atoms with E-state index in [-0.39, 0.29) is 10.4 Å². The molecule has 0 aliphatic rings. The highest BCUT2D eigenvalue weighted by molar-refractivity contribution is 9.10. The fourth-order valence-corrected chi connectivity index (χ4v) is 2.62. The van der Waals surface area contributed by atoms with Gasteiger partial charge in [-0.15, -0.1) is 0 Å². The molecule has 0 aliphatic heterocycles. The van der Waals surface area contributed by atoms with Crippen LogP contribution < -0.4 is 10.6 Å². The Labute approximate surface area is 141 Å². The number of halogens is 4. The normalized spacial score (nSPS) is 11.6. The molecule has 1 aromatic heterocycles. The Morgan fingerprint density at radius 1 is 1.22 bits per heavy atom. The highest BCUT2D eigenvalue weighted by Gasteiger charge is 2.31. The molecule has 0 spiro atoms. The van der Waals surface area contributed by atoms with Crippen molar-refractivity contribution in [2.24, 2.45) is 0 Å². The van der Waals surface area contributed by atoms with Crippen LogP contribution in [-0.2, 0) is 12.6 Å². The van der Waals surface area contributed by atoms with Crippen LogP contribution in [0.1, 0.15) is 16.7 Å². The lowest BCUT2D eigenvalue weighted by Gasteiger charge is -2.20. The number of hydrogen-bond acceptors (Lipinski definition) is 3. The SMILES string of the molecule is Cc1ccc(CCN(C)c2cc(C(F)(F)F)cc(Br)n2)c(N)c1. The number of aromatic nitrogens is 1. The number of anilines is 2. The van der Waals surface area contributed by atoms with Crippen molar-refractivity contribution in [1.82, 2.24) is 4.98 Å². The lowest BCUT2D eigenvalue weighted by Crippen LogP contribution is -2.22. The van der Waals surface area contributed by atoms with Crippen molar-refractivity contribution in [2.45, 2.75) is 19.5 Å². The molecule has 7 heteroatoms. The van der Waals surface area contributed by atoms with Crippen LogP contribution in [-0.4, -0.2) is 18.6 Å². The fraction of sp³-hybridized carbons (Fsp3) is 0.312. The molecule has 124 valence electrons. The first-order chi connectivity index (χ1) is 10.7. The van der Waals surface area contributed by atoms with Gasteiger partial charge in [-0.3, -0.25) is 0 Å². The average molecular weight is 388 g/mol. The standard InChI is InChI=1S/C16H17BrF3N3/c1-10-3-4-11(13(21)7-10)5-6-23(2)15-9-12(16(18,19)20)8-14(17)22-15/h3-4,7-9H,5-6,21H2,1-2H3. The third kappa shape index (κ3) is 4.60. The number of likely N-dealkylation sites (N-methyl/N-ethyl adjacent to an activating group) is 1. The van der Waals surface area contributed by atoms with Gasteiger partial charge in [-0.05, 0) is 58.6 Å². The van der Waals surface area contributed by atoms with Crippen molar-refractivity contribution >= 4 is 27.4 Å². The molecule has 3 nitrogen and oxygen atoms in total. The molecule has 0 saturated carbocycles. The summed E-state index contributed by atoms with van der Waals surface area (Å²) in [6.45, 7) is 2.46. The molecule has 1 heterocycles. The second-order valence-corrected chi connectivity index (χ2v) is 6.22. The first-order valence-electron chi connectivity index (χ1n) is 6.98. The van der Waals surface area contributed by atoms with Gasteiger partial charge in [0.2, 0.25) is 0 Å². The van der Waals surface area contributed by atoms with E-state index in [4.69, 9.17) is 5.73 Å². The number of rotatable bonds is 4. The van der Waals surface area contributed by atoms with Gasteiger partial charge >= 0.3 is 6.18 Å². The van der Waals surface area contributed by atoms with E-state index in [0.717, 1.165) is 23.3 Å². The Morgan fingerprint density at radius 2 is 1.91 bits per heavy atom. The summed E-state index contributed by atoms with van der Waals surface area (Å²) in [6.07, 6.45) is -3.78. The van der Waals surface area contributed by atoms with Crippen molar-refractivity contribution < 1.29 is 13.2 Å². The molecule has 0 atom stereocenters. The molecule has 2 rings (SSSR count). The Hall–Kier alpha value is -1.76. The van der Waals surface area contributed by atoms with Crippen molar-refractivity contribution in [3.63, 3.8) is 0 Å². The number of alkyl halides is 3. The van der Waals surface area contributed by atoms with E-state index in [0.29, 0.717) is 18.7 Å². The molecular formula is C16H17BrF3N3. The first kappa shape index (κ1) is 17.6. The third-order valence-corrected chi connectivity index (χ3v) is 3.92. The highest BCUT2D eigenvalue weighted by atomic mass is 79.9. The zero-order valence-electron chi connectivity index (χ0n) is 12.8. The minimum atomic E-state index is -4.40. The monoisotopic (exact) mass is 387 g/mol. The highest BCUT2D eigenvalue weighted by Crippen LogP contribution is 2.32. The van der Waals surface area contributed by atoms with Gasteiger partial charge in [0.1, 0.15) is 10.4 Å². The lowest BCUT2D eigenvalue weighted by atomic mass is 10.1. The van der Waals surface area contributed by atoms with Crippen LogP contribution in [0.4, 0.5) is 24.7 Å². The van der Waals surface area contributed by atoms with E-state index >= 15 is 0 Å². The van der Waals surface area contributed by atoms with Crippen LogP contribution in [0.5, 0.6) is 0 Å². The number of hydrogen-bond donors (Lipinski definition) is 1. The molecule has 0 aliphatic carbocycles. The molecular weight excluding hydrogens is 371 g/mol. The Balaban J connectivity index is 2.14. The maximum absolute atomic E-state index is 12.9. The number of nitrogens with two attached hydrogens (primary N) is 1. The van der Waals surface area contributed by atoms with Crippen LogP contribution in [0.15, 0.2) is 34.9 Å². The van der Waals surface area contributed by atoms with Crippen LogP contribution in [0, 0.1) is 6.92 Å². The predicted molar refractivity (Wildman–Crippen MR) is 89.5 cm³/mol. The van der Waals surface area contributed by atoms with Crippen LogP contribution >= 0.6 is 15.9 Å². The first-order valence-corrected chi connectivity index (χ1v) is 7.77. The molecule has 2 N–H and O–H groups in total. The van der Waals surface area contributed by atoms with Gasteiger partial charge in [-0.2, -0.15) is 13.2 Å². The number of aryl methyl sites for hydroxylation is 1. The number of pyridine rings is 1. The van der Waals surface area contributed by atoms with E-state index in [9.17, 15) is 13.2 Å². The van der Waals surface area contributed by atoms with E-state index in [1.54, 1.807) is 11.9 Å². The van der Waals surface area contributed by atoms with Gasteiger partial charge in [0.15, 0.2) is 0 Å². The molecule has 0 amide bonds. The summed E-state index contributed by atoms with van der Waals surface area (Å²) in [6, 6.07) is 7.80. The van der Waals surface area contributed by atoms with Crippen LogP contribution in [0.3, 0.4) is 0 Å². The van der Waals surface area contributed by atoms with Gasteiger partial charge in [0.25, 0.3) is 0 Å². The van der Waals surface area contributed by atoms with Crippen molar-refractivity contribution in [3.8, 4) is 0 Å². The maximum atomic E-state index is 12.9. The van der Waals surface area contributed by atoms with E-state index in [1.807, 2.05) is 25.1 Å². The number of benzene rings is 1. The summed E-state index contributed by atoms with van der Waals surface area (Å²) in [5, 5.41) is 0. The van der Waals surface area contributed by atoms with Crippen molar-refractivity contribution in [1.29, 1.82) is 0 Å². The zero-order valence-corrected chi connectivity index (χ0v) is 14.4. The van der Waals surface area contributed by atoms with Crippen molar-refractivity contribution in [2.75, 3.05) is 24.2 Å². The topological polar surface area (TPSA) is 42.2 Å². The number of nitrogen functional groups attached to an aromatic ring is 1. The number of nitrogens with zero attached hydrogens (tertiary/aromatic N) is 2. The summed E-state index contributed by atoms with van der Waals surface area (Å²) in [4.78, 5) is 5.79. The van der Waals surface area contributed by atoms with Crippen molar-refractivity contribution in [3.05, 3.63) is 51.6 Å². The summed E-state index contributed by atoms with van der Waals surface area (Å²) in [5.41, 5.74) is 7.97. The van der Waals surface area contributed by atoms with Gasteiger partial charge < -0.3 is 10.6 Å². The summed E-state index contributed by atoms with van der Waals surface area (Å²) in [5.74, 6) is 0.261.